The van der Waals surface area contributed by atoms with Crippen LogP contribution in [-0.2, 0) is 6.42 Å². The number of allylic oxidation sites excluding steroid dienone is 1. The van der Waals surface area contributed by atoms with E-state index in [-0.39, 0.29) is 0 Å². The first kappa shape index (κ1) is 8.59. The molecule has 0 bridgehead atoms. The van der Waals surface area contributed by atoms with Gasteiger partial charge in [-0.3, -0.25) is 0 Å². The Morgan fingerprint density at radius 2 is 2.27 bits per heavy atom. The molecule has 0 fully saturated rings. The molecule has 0 spiro atoms. The summed E-state index contributed by atoms with van der Waals surface area (Å²) in [6.45, 7) is 3.67. The third-order valence-electron chi connectivity index (χ3n) is 1.44. The van der Waals surface area contributed by atoms with Crippen LogP contribution in [0.3, 0.4) is 0 Å². The van der Waals surface area contributed by atoms with Crippen LogP contribution in [0.1, 0.15) is 5.56 Å². The van der Waals surface area contributed by atoms with Gasteiger partial charge < -0.3 is 5.73 Å². The van der Waals surface area contributed by atoms with Crippen molar-refractivity contribution >= 4 is 28.3 Å². The minimum absolute atomic E-state index is 0.852. The van der Waals surface area contributed by atoms with Gasteiger partial charge in [-0.2, -0.15) is 0 Å². The van der Waals surface area contributed by atoms with Crippen LogP contribution in [0.15, 0.2) is 30.9 Å². The fourth-order valence-corrected chi connectivity index (χ4v) is 1.22. The molecule has 11 heavy (non-hydrogen) atoms. The van der Waals surface area contributed by atoms with Crippen molar-refractivity contribution < 1.29 is 0 Å². The Morgan fingerprint density at radius 3 is 2.82 bits per heavy atom. The van der Waals surface area contributed by atoms with Crippen LogP contribution in [0.5, 0.6) is 0 Å². The second-order valence-electron chi connectivity index (χ2n) is 2.35. The summed E-state index contributed by atoms with van der Waals surface area (Å²) in [5, 5.41) is 0. The molecule has 0 aliphatic heterocycles. The van der Waals surface area contributed by atoms with Crippen LogP contribution >= 0.6 is 22.6 Å². The Bertz CT molecular complexity index is 268. The van der Waals surface area contributed by atoms with Gasteiger partial charge in [0.15, 0.2) is 0 Å². The van der Waals surface area contributed by atoms with Gasteiger partial charge in [0, 0.05) is 9.26 Å². The van der Waals surface area contributed by atoms with Crippen molar-refractivity contribution in [3.63, 3.8) is 0 Å². The van der Waals surface area contributed by atoms with Crippen molar-refractivity contribution in [1.29, 1.82) is 0 Å². The summed E-state index contributed by atoms with van der Waals surface area (Å²) < 4.78 is 1.11. The summed E-state index contributed by atoms with van der Waals surface area (Å²) in [7, 11) is 0. The molecule has 0 saturated carbocycles. The molecule has 2 heteroatoms. The molecular weight excluding hydrogens is 249 g/mol. The van der Waals surface area contributed by atoms with E-state index >= 15 is 0 Å². The zero-order chi connectivity index (χ0) is 8.27. The van der Waals surface area contributed by atoms with Crippen molar-refractivity contribution in [1.82, 2.24) is 0 Å². The van der Waals surface area contributed by atoms with Crippen LogP contribution in [0, 0.1) is 3.57 Å². The number of benzene rings is 1. The zero-order valence-electron chi connectivity index (χ0n) is 6.18. The molecule has 58 valence electrons. The SMILES string of the molecule is C=CCc1ccc(I)c(N)c1. The number of hydrogen-bond donors (Lipinski definition) is 1. The third-order valence-corrected chi connectivity index (χ3v) is 2.42. The van der Waals surface area contributed by atoms with Crippen LogP contribution < -0.4 is 5.73 Å². The number of nitrogens with two attached hydrogens (primary N) is 1. The van der Waals surface area contributed by atoms with Crippen LogP contribution in [0.4, 0.5) is 5.69 Å². The molecule has 2 N–H and O–H groups in total. The van der Waals surface area contributed by atoms with Gasteiger partial charge in [0.25, 0.3) is 0 Å². The van der Waals surface area contributed by atoms with Gasteiger partial charge in [-0.05, 0) is 46.7 Å². The summed E-state index contributed by atoms with van der Waals surface area (Å²) in [6.07, 6.45) is 2.77. The molecule has 0 aliphatic carbocycles. The smallest absolute Gasteiger partial charge is 0.0452 e. The molecule has 1 aromatic rings. The van der Waals surface area contributed by atoms with E-state index in [0.29, 0.717) is 0 Å². The fraction of sp³-hybridized carbons (Fsp3) is 0.111. The van der Waals surface area contributed by atoms with E-state index in [1.807, 2.05) is 18.2 Å². The molecule has 0 radical (unpaired) electrons. The van der Waals surface area contributed by atoms with Gasteiger partial charge in [-0.15, -0.1) is 6.58 Å². The van der Waals surface area contributed by atoms with Crippen molar-refractivity contribution in [2.24, 2.45) is 0 Å². The molecule has 1 nitrogen and oxygen atoms in total. The summed E-state index contributed by atoms with van der Waals surface area (Å²) in [4.78, 5) is 0. The fourth-order valence-electron chi connectivity index (χ4n) is 0.887. The highest BCUT2D eigenvalue weighted by atomic mass is 127. The van der Waals surface area contributed by atoms with Crippen LogP contribution in [0.2, 0.25) is 0 Å². The molecule has 0 aromatic heterocycles. The lowest BCUT2D eigenvalue weighted by atomic mass is 10.1. The van der Waals surface area contributed by atoms with Crippen molar-refractivity contribution in [2.45, 2.75) is 6.42 Å². The average molecular weight is 259 g/mol. The normalized spacial score (nSPS) is 9.55. The van der Waals surface area contributed by atoms with Gasteiger partial charge in [0.1, 0.15) is 0 Å². The third kappa shape index (κ3) is 2.22. The monoisotopic (exact) mass is 259 g/mol. The lowest BCUT2D eigenvalue weighted by Gasteiger charge is -2.00. The maximum absolute atomic E-state index is 5.71. The standard InChI is InChI=1S/C9H10IN/c1-2-3-7-4-5-8(10)9(11)6-7/h2,4-6H,1,3,11H2. The Balaban J connectivity index is 2.95. The zero-order valence-corrected chi connectivity index (χ0v) is 8.34. The lowest BCUT2D eigenvalue weighted by Crippen LogP contribution is -1.90. The maximum Gasteiger partial charge on any atom is 0.0452 e. The summed E-state index contributed by atoms with van der Waals surface area (Å²) in [5.74, 6) is 0. The second kappa shape index (κ2) is 3.76. The van der Waals surface area contributed by atoms with E-state index in [4.69, 9.17) is 5.73 Å². The molecule has 1 aromatic carbocycles. The Kier molecular flexibility index (Phi) is 2.93. The number of halogens is 1. The van der Waals surface area contributed by atoms with Crippen LogP contribution in [0.25, 0.3) is 0 Å². The number of hydrogen-bond acceptors (Lipinski definition) is 1. The summed E-state index contributed by atoms with van der Waals surface area (Å²) in [6, 6.07) is 6.08. The van der Waals surface area contributed by atoms with Crippen molar-refractivity contribution in [2.75, 3.05) is 5.73 Å². The van der Waals surface area contributed by atoms with Crippen molar-refractivity contribution in [3.8, 4) is 0 Å². The van der Waals surface area contributed by atoms with Gasteiger partial charge in [-0.25, -0.2) is 0 Å². The molecule has 0 saturated heterocycles. The molecular formula is C9H10IN. The highest BCUT2D eigenvalue weighted by molar-refractivity contribution is 14.1. The molecule has 0 unspecified atom stereocenters. The van der Waals surface area contributed by atoms with E-state index in [1.54, 1.807) is 0 Å². The molecule has 0 heterocycles. The highest BCUT2D eigenvalue weighted by Crippen LogP contribution is 2.16. The van der Waals surface area contributed by atoms with E-state index in [9.17, 15) is 0 Å². The molecule has 0 aliphatic rings. The second-order valence-corrected chi connectivity index (χ2v) is 3.51. The van der Waals surface area contributed by atoms with E-state index in [2.05, 4.69) is 35.2 Å². The largest absolute Gasteiger partial charge is 0.398 e. The Hall–Kier alpha value is -0.510. The molecule has 1 rings (SSSR count). The highest BCUT2D eigenvalue weighted by Gasteiger charge is 1.94. The van der Waals surface area contributed by atoms with Gasteiger partial charge in [-0.1, -0.05) is 12.1 Å². The maximum atomic E-state index is 5.71. The summed E-state index contributed by atoms with van der Waals surface area (Å²) >= 11 is 2.22. The quantitative estimate of drug-likeness (QED) is 0.493. The minimum atomic E-state index is 0.852. The summed E-state index contributed by atoms with van der Waals surface area (Å²) in [5.41, 5.74) is 7.78. The minimum Gasteiger partial charge on any atom is -0.398 e. The van der Waals surface area contributed by atoms with E-state index in [0.717, 1.165) is 15.7 Å². The predicted octanol–water partition coefficient (Wildman–Crippen LogP) is 2.60. The number of anilines is 1. The van der Waals surface area contributed by atoms with Crippen molar-refractivity contribution in [3.05, 3.63) is 40.0 Å². The lowest BCUT2D eigenvalue weighted by molar-refractivity contribution is 1.27. The molecule has 0 atom stereocenters. The number of rotatable bonds is 2. The Morgan fingerprint density at radius 1 is 1.55 bits per heavy atom. The first-order chi connectivity index (χ1) is 5.24. The first-order valence-electron chi connectivity index (χ1n) is 3.39. The van der Waals surface area contributed by atoms with Gasteiger partial charge in [0.05, 0.1) is 0 Å². The first-order valence-corrected chi connectivity index (χ1v) is 4.46. The van der Waals surface area contributed by atoms with E-state index < -0.39 is 0 Å². The van der Waals surface area contributed by atoms with Gasteiger partial charge in [0.2, 0.25) is 0 Å². The van der Waals surface area contributed by atoms with E-state index in [1.165, 1.54) is 5.56 Å². The number of nitrogen functional groups attached to an aromatic ring is 1. The predicted molar refractivity (Wildman–Crippen MR) is 57.5 cm³/mol. The average Bonchev–Trinajstić information content (AvgIpc) is 1.98. The Labute approximate surface area is 80.4 Å². The molecule has 0 amide bonds. The topological polar surface area (TPSA) is 26.0 Å². The van der Waals surface area contributed by atoms with Crippen LogP contribution in [-0.4, -0.2) is 0 Å². The van der Waals surface area contributed by atoms with Gasteiger partial charge >= 0.3 is 0 Å².